The van der Waals surface area contributed by atoms with Crippen LogP contribution in [0.4, 0.5) is 0 Å². The summed E-state index contributed by atoms with van der Waals surface area (Å²) in [5.74, 6) is 0.0457. The number of thioether (sulfide) groups is 1. The highest BCUT2D eigenvalue weighted by Crippen LogP contribution is 2.40. The van der Waals surface area contributed by atoms with Crippen LogP contribution in [0.1, 0.15) is 38.8 Å². The lowest BCUT2D eigenvalue weighted by Gasteiger charge is -2.29. The number of hydrogen-bond donors (Lipinski definition) is 1. The van der Waals surface area contributed by atoms with Crippen LogP contribution in [-0.2, 0) is 11.3 Å². The Bertz CT molecular complexity index is 806. The van der Waals surface area contributed by atoms with Crippen LogP contribution in [-0.4, -0.2) is 16.3 Å². The maximum atomic E-state index is 12.5. The Hall–Kier alpha value is -2.20. The van der Waals surface area contributed by atoms with E-state index in [9.17, 15) is 4.79 Å². The highest BCUT2D eigenvalue weighted by atomic mass is 32.2. The van der Waals surface area contributed by atoms with E-state index in [1.807, 2.05) is 35.2 Å². The zero-order valence-corrected chi connectivity index (χ0v) is 16.0. The summed E-state index contributed by atoms with van der Waals surface area (Å²) >= 11 is 1.70. The fourth-order valence-corrected chi connectivity index (χ4v) is 4.15. The van der Waals surface area contributed by atoms with Crippen molar-refractivity contribution in [1.29, 1.82) is 0 Å². The maximum Gasteiger partial charge on any atom is 0.224 e. The van der Waals surface area contributed by atoms with E-state index in [0.717, 1.165) is 16.3 Å². The molecule has 0 unspecified atom stereocenters. The zero-order chi connectivity index (χ0) is 18.0. The lowest BCUT2D eigenvalue weighted by Crippen LogP contribution is -2.36. The molecule has 3 nitrogen and oxygen atoms in total. The first-order valence-corrected chi connectivity index (χ1v) is 9.28. The second-order valence-corrected chi connectivity index (χ2v) is 8.29. The van der Waals surface area contributed by atoms with Crippen molar-refractivity contribution in [3.63, 3.8) is 0 Å². The van der Waals surface area contributed by atoms with E-state index in [2.05, 4.69) is 50.4 Å². The van der Waals surface area contributed by atoms with Gasteiger partial charge in [0.2, 0.25) is 5.91 Å². The standard InChI is InChI=1S/C21H24N2OS/c1-15(24)23-14-17-12-8-9-13-18(17)25-20(22-21(2,3)4)19(23)16-10-6-5-7-11-16/h5-13,22H,14H2,1-4H3. The predicted molar refractivity (Wildman–Crippen MR) is 105 cm³/mol. The number of nitrogens with zero attached hydrogens (tertiary/aromatic N) is 1. The molecule has 0 spiro atoms. The van der Waals surface area contributed by atoms with Gasteiger partial charge in [0.15, 0.2) is 0 Å². The lowest BCUT2D eigenvalue weighted by molar-refractivity contribution is -0.126. The molecule has 1 amide bonds. The molecule has 0 aromatic heterocycles. The molecule has 0 saturated heterocycles. The van der Waals surface area contributed by atoms with Gasteiger partial charge in [-0.2, -0.15) is 0 Å². The molecule has 2 aromatic rings. The predicted octanol–water partition coefficient (Wildman–Crippen LogP) is 4.86. The first-order chi connectivity index (χ1) is 11.8. The smallest absolute Gasteiger partial charge is 0.224 e. The van der Waals surface area contributed by atoms with Crippen molar-refractivity contribution in [3.8, 4) is 0 Å². The van der Waals surface area contributed by atoms with E-state index in [1.54, 1.807) is 18.7 Å². The van der Waals surface area contributed by atoms with Gasteiger partial charge in [-0.05, 0) is 32.4 Å². The minimum absolute atomic E-state index is 0.0457. The van der Waals surface area contributed by atoms with E-state index in [4.69, 9.17) is 0 Å². The Labute approximate surface area is 154 Å². The SMILES string of the molecule is CC(=O)N1Cc2ccccc2SC(NC(C)(C)C)=C1c1ccccc1. The summed E-state index contributed by atoms with van der Waals surface area (Å²) in [5, 5.41) is 4.63. The average Bonchev–Trinajstić information content (AvgIpc) is 2.70. The Kier molecular flexibility index (Phi) is 4.91. The highest BCUT2D eigenvalue weighted by Gasteiger charge is 2.28. The van der Waals surface area contributed by atoms with E-state index < -0.39 is 0 Å². The number of fused-ring (bicyclic) bond motifs is 1. The van der Waals surface area contributed by atoms with Crippen LogP contribution in [0.5, 0.6) is 0 Å². The molecule has 1 aliphatic heterocycles. The number of carbonyl (C=O) groups is 1. The van der Waals surface area contributed by atoms with Crippen molar-refractivity contribution >= 4 is 23.4 Å². The molecule has 0 atom stereocenters. The van der Waals surface area contributed by atoms with Crippen molar-refractivity contribution in [2.24, 2.45) is 0 Å². The fourth-order valence-electron chi connectivity index (χ4n) is 2.84. The van der Waals surface area contributed by atoms with Crippen LogP contribution in [0.3, 0.4) is 0 Å². The lowest BCUT2D eigenvalue weighted by atomic mass is 10.1. The van der Waals surface area contributed by atoms with Crippen molar-refractivity contribution in [3.05, 3.63) is 70.8 Å². The highest BCUT2D eigenvalue weighted by molar-refractivity contribution is 8.03. The van der Waals surface area contributed by atoms with Crippen molar-refractivity contribution in [1.82, 2.24) is 10.2 Å². The van der Waals surface area contributed by atoms with Gasteiger partial charge in [0, 0.05) is 22.9 Å². The van der Waals surface area contributed by atoms with Gasteiger partial charge in [0.1, 0.15) is 0 Å². The summed E-state index contributed by atoms with van der Waals surface area (Å²) < 4.78 is 0. The van der Waals surface area contributed by atoms with Crippen LogP contribution in [0.2, 0.25) is 0 Å². The van der Waals surface area contributed by atoms with Gasteiger partial charge < -0.3 is 10.2 Å². The Balaban J connectivity index is 2.21. The summed E-state index contributed by atoms with van der Waals surface area (Å²) in [7, 11) is 0. The van der Waals surface area contributed by atoms with Gasteiger partial charge >= 0.3 is 0 Å². The van der Waals surface area contributed by atoms with Gasteiger partial charge in [-0.15, -0.1) is 0 Å². The van der Waals surface area contributed by atoms with E-state index in [-0.39, 0.29) is 11.4 Å². The molecule has 3 rings (SSSR count). The minimum Gasteiger partial charge on any atom is -0.373 e. The Morgan fingerprint density at radius 1 is 1.04 bits per heavy atom. The second kappa shape index (κ2) is 6.96. The molecule has 1 heterocycles. The van der Waals surface area contributed by atoms with Gasteiger partial charge in [0.25, 0.3) is 0 Å². The second-order valence-electron chi connectivity index (χ2n) is 7.23. The molecular formula is C21H24N2OS. The molecule has 130 valence electrons. The number of benzene rings is 2. The fraction of sp³-hybridized carbons (Fsp3) is 0.286. The van der Waals surface area contributed by atoms with Gasteiger partial charge in [0.05, 0.1) is 17.3 Å². The van der Waals surface area contributed by atoms with Gasteiger partial charge in [-0.3, -0.25) is 4.79 Å². The van der Waals surface area contributed by atoms with Gasteiger partial charge in [-0.25, -0.2) is 0 Å². The Morgan fingerprint density at radius 3 is 2.32 bits per heavy atom. The number of hydrogen-bond acceptors (Lipinski definition) is 3. The third kappa shape index (κ3) is 4.07. The quantitative estimate of drug-likeness (QED) is 0.838. The van der Waals surface area contributed by atoms with Gasteiger partial charge in [-0.1, -0.05) is 60.3 Å². The molecule has 1 aliphatic rings. The van der Waals surface area contributed by atoms with Crippen molar-refractivity contribution < 1.29 is 4.79 Å². The first kappa shape index (κ1) is 17.6. The molecule has 0 saturated carbocycles. The summed E-state index contributed by atoms with van der Waals surface area (Å²) in [5.41, 5.74) is 3.06. The first-order valence-electron chi connectivity index (χ1n) is 8.47. The molecule has 25 heavy (non-hydrogen) atoms. The van der Waals surface area contributed by atoms with Crippen LogP contribution >= 0.6 is 11.8 Å². The number of nitrogens with one attached hydrogen (secondary N) is 1. The Morgan fingerprint density at radius 2 is 1.68 bits per heavy atom. The number of rotatable bonds is 2. The third-order valence-corrected chi connectivity index (χ3v) is 5.03. The van der Waals surface area contributed by atoms with Crippen molar-refractivity contribution in [2.45, 2.75) is 44.7 Å². The molecule has 0 radical (unpaired) electrons. The normalized spacial score (nSPS) is 14.8. The van der Waals surface area contributed by atoms with Crippen LogP contribution in [0.25, 0.3) is 5.70 Å². The van der Waals surface area contributed by atoms with Crippen LogP contribution < -0.4 is 5.32 Å². The molecule has 2 aromatic carbocycles. The molecule has 4 heteroatoms. The number of amides is 1. The molecular weight excluding hydrogens is 328 g/mol. The van der Waals surface area contributed by atoms with E-state index >= 15 is 0 Å². The summed E-state index contributed by atoms with van der Waals surface area (Å²) in [6.07, 6.45) is 0. The summed E-state index contributed by atoms with van der Waals surface area (Å²) in [6, 6.07) is 18.4. The molecule has 0 fully saturated rings. The van der Waals surface area contributed by atoms with Crippen LogP contribution in [0.15, 0.2) is 64.5 Å². The monoisotopic (exact) mass is 352 g/mol. The van der Waals surface area contributed by atoms with Crippen LogP contribution in [0, 0.1) is 0 Å². The third-order valence-electron chi connectivity index (χ3n) is 3.91. The minimum atomic E-state index is -0.107. The maximum absolute atomic E-state index is 12.5. The zero-order valence-electron chi connectivity index (χ0n) is 15.2. The average molecular weight is 353 g/mol. The molecule has 0 aliphatic carbocycles. The van der Waals surface area contributed by atoms with E-state index in [1.165, 1.54) is 10.5 Å². The van der Waals surface area contributed by atoms with E-state index in [0.29, 0.717) is 6.54 Å². The molecule has 1 N–H and O–H groups in total. The summed E-state index contributed by atoms with van der Waals surface area (Å²) in [6.45, 7) is 8.63. The topological polar surface area (TPSA) is 32.3 Å². The summed E-state index contributed by atoms with van der Waals surface area (Å²) in [4.78, 5) is 15.6. The largest absolute Gasteiger partial charge is 0.373 e. The number of carbonyl (C=O) groups excluding carboxylic acids is 1. The van der Waals surface area contributed by atoms with Crippen molar-refractivity contribution in [2.75, 3.05) is 0 Å². The molecule has 0 bridgehead atoms.